The molecule has 0 saturated heterocycles. The van der Waals surface area contributed by atoms with Crippen LogP contribution in [0.25, 0.3) is 0 Å². The number of halogens is 6. The molecule has 4 rings (SSSR count). The second-order valence-electron chi connectivity index (χ2n) is 7.79. The topological polar surface area (TPSA) is 139 Å². The Balaban J connectivity index is 0.000000271. The molecule has 0 aromatic carbocycles. The fraction of sp³-hybridized carbons (Fsp3) is 0.550. The van der Waals surface area contributed by atoms with Crippen molar-refractivity contribution in [1.29, 1.82) is 0 Å². The van der Waals surface area contributed by atoms with Gasteiger partial charge in [-0.15, -0.1) is 5.10 Å². The predicted octanol–water partition coefficient (Wildman–Crippen LogP) is 2.75. The molecule has 1 saturated carbocycles. The average Bonchev–Trinajstić information content (AvgIpc) is 3.52. The zero-order valence-electron chi connectivity index (χ0n) is 18.6. The summed E-state index contributed by atoms with van der Waals surface area (Å²) in [5.74, 6) is -4.69. The molecule has 16 heteroatoms. The number of alkyl halides is 6. The van der Waals surface area contributed by atoms with Gasteiger partial charge in [-0.2, -0.15) is 26.3 Å². The van der Waals surface area contributed by atoms with Crippen LogP contribution in [0, 0.1) is 5.92 Å². The Morgan fingerprint density at radius 2 is 1.72 bits per heavy atom. The summed E-state index contributed by atoms with van der Waals surface area (Å²) in [5, 5.41) is 26.5. The highest BCUT2D eigenvalue weighted by Gasteiger charge is 2.39. The second-order valence-corrected chi connectivity index (χ2v) is 7.79. The Bertz CT molecular complexity index is 971. The molecule has 0 spiro atoms. The van der Waals surface area contributed by atoms with Gasteiger partial charge < -0.3 is 20.3 Å². The molecule has 1 fully saturated rings. The Morgan fingerprint density at radius 3 is 2.22 bits per heavy atom. The summed E-state index contributed by atoms with van der Waals surface area (Å²) in [6.45, 7) is 3.19. The summed E-state index contributed by atoms with van der Waals surface area (Å²) >= 11 is 0. The SMILES string of the molecule is O=C(O)C(F)(F)F.O=C(O)C(F)(F)F.c1cncc(COCC2NCCc3c2nnn3CC2CC2)c1. The van der Waals surface area contributed by atoms with Crippen molar-refractivity contribution in [3.8, 4) is 0 Å². The van der Waals surface area contributed by atoms with Crippen molar-refractivity contribution in [2.24, 2.45) is 5.92 Å². The first-order chi connectivity index (χ1) is 16.8. The molecule has 1 aliphatic heterocycles. The van der Waals surface area contributed by atoms with Crippen molar-refractivity contribution in [2.75, 3.05) is 13.2 Å². The van der Waals surface area contributed by atoms with E-state index in [9.17, 15) is 26.3 Å². The molecule has 1 aliphatic carbocycles. The summed E-state index contributed by atoms with van der Waals surface area (Å²) < 4.78 is 71.4. The summed E-state index contributed by atoms with van der Waals surface area (Å²) in [5.41, 5.74) is 3.45. The van der Waals surface area contributed by atoms with E-state index in [0.29, 0.717) is 13.2 Å². The highest BCUT2D eigenvalue weighted by molar-refractivity contribution is 5.73. The molecule has 1 unspecified atom stereocenters. The van der Waals surface area contributed by atoms with Crippen LogP contribution in [0.2, 0.25) is 0 Å². The van der Waals surface area contributed by atoms with Gasteiger partial charge in [0.2, 0.25) is 0 Å². The molecule has 2 aromatic heterocycles. The maximum atomic E-state index is 10.6. The van der Waals surface area contributed by atoms with E-state index in [1.54, 1.807) is 6.20 Å². The monoisotopic (exact) mass is 527 g/mol. The molecule has 3 heterocycles. The lowest BCUT2D eigenvalue weighted by Gasteiger charge is -2.23. The van der Waals surface area contributed by atoms with E-state index in [1.165, 1.54) is 18.5 Å². The van der Waals surface area contributed by atoms with Crippen LogP contribution in [0.1, 0.15) is 35.8 Å². The van der Waals surface area contributed by atoms with Crippen molar-refractivity contribution in [3.63, 3.8) is 0 Å². The van der Waals surface area contributed by atoms with Crippen molar-refractivity contribution in [3.05, 3.63) is 41.5 Å². The molecule has 2 aliphatic rings. The van der Waals surface area contributed by atoms with Crippen molar-refractivity contribution >= 4 is 11.9 Å². The maximum Gasteiger partial charge on any atom is 0.490 e. The number of nitrogens with one attached hydrogen (secondary N) is 1. The number of hydrogen-bond acceptors (Lipinski definition) is 7. The fourth-order valence-electron chi connectivity index (χ4n) is 2.94. The first-order valence-corrected chi connectivity index (χ1v) is 10.5. The lowest BCUT2D eigenvalue weighted by molar-refractivity contribution is -0.193. The van der Waals surface area contributed by atoms with E-state index in [2.05, 4.69) is 25.3 Å². The third-order valence-corrected chi connectivity index (χ3v) is 4.84. The number of rotatable bonds is 6. The standard InChI is InChI=1S/C16H21N5O.2C2HF3O2/c1-2-13(8-17-6-1)10-22-11-14-16-15(5-7-18-14)21(20-19-16)9-12-3-4-12;2*3-2(4,5)1(6)7/h1-2,6,8,12,14,18H,3-5,7,9-11H2;2*(H,6,7). The van der Waals surface area contributed by atoms with E-state index in [0.717, 1.165) is 36.7 Å². The Kier molecular flexibility index (Phi) is 10.2. The van der Waals surface area contributed by atoms with Crippen LogP contribution in [-0.2, 0) is 33.9 Å². The van der Waals surface area contributed by atoms with E-state index >= 15 is 0 Å². The first kappa shape index (κ1) is 29.0. The van der Waals surface area contributed by atoms with Gasteiger partial charge in [0.05, 0.1) is 24.9 Å². The number of nitrogens with zero attached hydrogens (tertiary/aromatic N) is 4. The number of fused-ring (bicyclic) bond motifs is 1. The number of hydrogen-bond donors (Lipinski definition) is 3. The zero-order valence-corrected chi connectivity index (χ0v) is 18.6. The summed E-state index contributed by atoms with van der Waals surface area (Å²) in [4.78, 5) is 21.9. The lowest BCUT2D eigenvalue weighted by atomic mass is 10.1. The molecule has 3 N–H and O–H groups in total. The fourth-order valence-corrected chi connectivity index (χ4v) is 2.94. The number of aliphatic carboxylic acids is 2. The minimum Gasteiger partial charge on any atom is -0.475 e. The van der Waals surface area contributed by atoms with E-state index in [4.69, 9.17) is 24.5 Å². The molecule has 10 nitrogen and oxygen atoms in total. The summed E-state index contributed by atoms with van der Waals surface area (Å²) in [6, 6.07) is 4.10. The smallest absolute Gasteiger partial charge is 0.475 e. The third-order valence-electron chi connectivity index (χ3n) is 4.84. The van der Waals surface area contributed by atoms with Gasteiger partial charge in [-0.25, -0.2) is 14.3 Å². The summed E-state index contributed by atoms with van der Waals surface area (Å²) in [6.07, 6.45) is -2.87. The number of aromatic nitrogens is 4. The molecular formula is C20H23F6N5O5. The molecule has 0 amide bonds. The molecule has 0 bridgehead atoms. The Hall–Kier alpha value is -3.27. The van der Waals surface area contributed by atoms with Crippen molar-refractivity contribution in [1.82, 2.24) is 25.3 Å². The number of ether oxygens (including phenoxy) is 1. The second kappa shape index (κ2) is 12.6. The number of carbonyl (C=O) groups is 2. The van der Waals surface area contributed by atoms with Crippen LogP contribution in [0.15, 0.2) is 24.5 Å². The maximum absolute atomic E-state index is 10.6. The van der Waals surface area contributed by atoms with Crippen LogP contribution in [0.4, 0.5) is 26.3 Å². The van der Waals surface area contributed by atoms with Gasteiger partial charge in [0.15, 0.2) is 0 Å². The van der Waals surface area contributed by atoms with Gasteiger partial charge in [-0.1, -0.05) is 11.3 Å². The van der Waals surface area contributed by atoms with Crippen LogP contribution in [0.5, 0.6) is 0 Å². The molecule has 2 aromatic rings. The van der Waals surface area contributed by atoms with Gasteiger partial charge >= 0.3 is 24.3 Å². The predicted molar refractivity (Wildman–Crippen MR) is 108 cm³/mol. The zero-order chi connectivity index (χ0) is 26.9. The molecule has 1 atom stereocenters. The lowest BCUT2D eigenvalue weighted by Crippen LogP contribution is -2.33. The number of carboxylic acid groups (broad SMARTS) is 2. The third kappa shape index (κ3) is 9.77. The van der Waals surface area contributed by atoms with E-state index < -0.39 is 24.3 Å². The Labute approximate surface area is 200 Å². The molecular weight excluding hydrogens is 504 g/mol. The van der Waals surface area contributed by atoms with Gasteiger partial charge in [0.25, 0.3) is 0 Å². The quantitative estimate of drug-likeness (QED) is 0.484. The highest BCUT2D eigenvalue weighted by atomic mass is 19.4. The highest BCUT2D eigenvalue weighted by Crippen LogP contribution is 2.32. The van der Waals surface area contributed by atoms with Gasteiger partial charge in [-0.05, 0) is 30.4 Å². The average molecular weight is 527 g/mol. The van der Waals surface area contributed by atoms with Crippen LogP contribution in [0.3, 0.4) is 0 Å². The van der Waals surface area contributed by atoms with Gasteiger partial charge in [0.1, 0.15) is 5.69 Å². The minimum atomic E-state index is -5.08. The van der Waals surface area contributed by atoms with Crippen LogP contribution < -0.4 is 5.32 Å². The summed E-state index contributed by atoms with van der Waals surface area (Å²) in [7, 11) is 0. The van der Waals surface area contributed by atoms with Gasteiger partial charge in [0, 0.05) is 31.9 Å². The largest absolute Gasteiger partial charge is 0.490 e. The van der Waals surface area contributed by atoms with Crippen LogP contribution in [-0.4, -0.2) is 67.6 Å². The van der Waals surface area contributed by atoms with Crippen LogP contribution >= 0.6 is 0 Å². The molecule has 36 heavy (non-hydrogen) atoms. The van der Waals surface area contributed by atoms with Gasteiger partial charge in [-0.3, -0.25) is 4.98 Å². The minimum absolute atomic E-state index is 0.147. The van der Waals surface area contributed by atoms with E-state index in [-0.39, 0.29) is 6.04 Å². The van der Waals surface area contributed by atoms with E-state index in [1.807, 2.05) is 18.3 Å². The molecule has 200 valence electrons. The van der Waals surface area contributed by atoms with Crippen molar-refractivity contribution in [2.45, 2.75) is 50.8 Å². The Morgan fingerprint density at radius 1 is 1.11 bits per heavy atom. The number of pyridine rings is 1. The molecule has 0 radical (unpaired) electrons. The normalized spacial score (nSPS) is 17.1. The van der Waals surface area contributed by atoms with Crippen molar-refractivity contribution < 1.29 is 50.9 Å². The number of carboxylic acids is 2. The first-order valence-electron chi connectivity index (χ1n) is 10.5.